The molecule has 3 aliphatic rings. The highest BCUT2D eigenvalue weighted by Gasteiger charge is 2.44. The Kier molecular flexibility index (Phi) is 43.2. The lowest BCUT2D eigenvalue weighted by molar-refractivity contribution is -0.145. The number of halogens is 1. The molecule has 140 heavy (non-hydrogen) atoms. The second kappa shape index (κ2) is 54.1. The standard InChI is InChI=1S/C91H127ClN22O25S/c1-49-88(135)112(6)68(39-51-17-16-33-96-43-51)85(132)105-64(42-70(95)117)82(129)108-76(52-18-13-19-52)87(134)101-60(24-9-11-32-93)89(136)111(5)67(29-31-73(121)122)84(131)104-62(41-54-45-110(4)77-56(54)21-14-22-57(77)92)80(127)99-58(23-10-12-34-97-91(139)114-37-35-113(36-38-114)46-74(123)124)78(125)103-63(40-53-44-109(3)66-26-8-7-20-55(53)66)81(128)107-75(50(2)115)86(133)100-59(25-15-27-69(94)116)79(126)106-65(47-140-48-71(118)98-49)83(130)102-61(90(137)138)28-30-72(119)120/h7-8,14,16-17,20-22,26,33,43-45,49-50,52,58-65,67-68,75-76,115H,9-13,15,18-19,23-25,27-32,34-42,46-48,93H2,1-6H3,(H2,94,116)(H2,95,117)(H,97,139)(H,98,118)(H,99,127)(H,100,133)(H,101,134)(H,102,130)(H,103,125)(H,104,131)(H,105,132)(H,106,126)(H,107,128)(H,108,129)(H,119,120)(H,121,122)(H,123,124)(H,137,138)/t49-,50-,58+,59+,60+,61-,62+,63+,64+,65+,67+,68+,75+,76+/m1/s1. The van der Waals surface area contributed by atoms with Crippen LogP contribution in [0.3, 0.4) is 0 Å². The molecule has 49 heteroatoms. The Bertz CT molecular complexity index is 5300. The number of fused-ring (bicyclic) bond motifs is 2. The first-order valence-corrected chi connectivity index (χ1v) is 47.6. The summed E-state index contributed by atoms with van der Waals surface area (Å²) in [5.41, 5.74) is 19.4. The smallest absolute Gasteiger partial charge is 0.326 e. The third-order valence-electron chi connectivity index (χ3n) is 24.6. The minimum absolute atomic E-state index is 0.0244. The lowest BCUT2D eigenvalue weighted by atomic mass is 9.79. The lowest BCUT2D eigenvalue weighted by Gasteiger charge is -2.36. The van der Waals surface area contributed by atoms with Crippen LogP contribution in [0.2, 0.25) is 5.02 Å². The van der Waals surface area contributed by atoms with Gasteiger partial charge in [-0.2, -0.15) is 0 Å². The van der Waals surface area contributed by atoms with Gasteiger partial charge in [-0.15, -0.1) is 11.8 Å². The number of hydrogen-bond donors (Lipinski definition) is 20. The summed E-state index contributed by atoms with van der Waals surface area (Å²) in [6, 6.07) is -8.98. The Hall–Kier alpha value is -13.6. The second-order valence-corrected chi connectivity index (χ2v) is 36.6. The maximum Gasteiger partial charge on any atom is 0.326 e. The van der Waals surface area contributed by atoms with E-state index in [9.17, 15) is 87.9 Å². The summed E-state index contributed by atoms with van der Waals surface area (Å²) in [5.74, 6) is -24.3. The third-order valence-corrected chi connectivity index (χ3v) is 25.9. The first kappa shape index (κ1) is 112. The Morgan fingerprint density at radius 2 is 1.13 bits per heavy atom. The second-order valence-electron chi connectivity index (χ2n) is 35.2. The Morgan fingerprint density at radius 1 is 0.557 bits per heavy atom. The number of urea groups is 1. The molecule has 0 unspecified atom stereocenters. The molecule has 47 nitrogen and oxygen atoms in total. The van der Waals surface area contributed by atoms with E-state index in [1.165, 1.54) is 37.3 Å². The number of nitrogens with two attached hydrogens (primary N) is 3. The SMILES string of the molecule is C[C@H]1NC(=O)CSC[C@@H](C(=O)N[C@H](CCC(=O)O)C(=O)O)NC(=O)[C@H](CCCC(N)=O)NC(=O)[C@H]([C@@H](C)O)NC(=O)[C@H](Cc2cn(C)c3ccccc23)NC(=O)[C@H](CCCCNC(=O)N2CCN(CC(=O)O)CC2)NC(=O)[C@H](Cc2cn(C)c3c(Cl)cccc23)NC(=O)[C@H](CCC(=O)O)N(C)C(=O)[C@H](CCCCN)NC(=O)[C@H](C2CCC2)NC(=O)[C@H](CC(N)=O)NC(=O)[C@H](Cc2cccnc2)N(C)C1=O. The summed E-state index contributed by atoms with van der Waals surface area (Å²) < 4.78 is 3.35. The molecule has 3 fully saturated rings. The quantitative estimate of drug-likeness (QED) is 0.0180. The summed E-state index contributed by atoms with van der Waals surface area (Å²) in [5, 5.41) is 83.2. The minimum atomic E-state index is -2.11. The lowest BCUT2D eigenvalue weighted by Crippen LogP contribution is -2.62. The van der Waals surface area contributed by atoms with Crippen molar-refractivity contribution >= 4 is 164 Å². The summed E-state index contributed by atoms with van der Waals surface area (Å²) in [4.78, 5) is 293. The number of aliphatic hydroxyl groups excluding tert-OH is 1. The topological polar surface area (TPSA) is 701 Å². The highest BCUT2D eigenvalue weighted by atomic mass is 35.5. The molecule has 5 aromatic rings. The van der Waals surface area contributed by atoms with Crippen LogP contribution in [0.25, 0.3) is 21.8 Å². The molecule has 17 amide bonds. The number of primary amides is 2. The predicted octanol–water partition coefficient (Wildman–Crippen LogP) is -3.26. The highest BCUT2D eigenvalue weighted by molar-refractivity contribution is 8.00. The average Bonchev–Trinajstić information content (AvgIpc) is 1.64. The van der Waals surface area contributed by atoms with Crippen molar-refractivity contribution in [2.24, 2.45) is 37.2 Å². The number of carbonyl (C=O) groups is 20. The van der Waals surface area contributed by atoms with Crippen LogP contribution in [0, 0.1) is 5.92 Å². The molecular formula is C91H127ClN22O25S. The molecular weight excluding hydrogens is 1870 g/mol. The van der Waals surface area contributed by atoms with Crippen LogP contribution < -0.4 is 81.0 Å². The van der Waals surface area contributed by atoms with Gasteiger partial charge in [0.25, 0.3) is 0 Å². The van der Waals surface area contributed by atoms with Gasteiger partial charge in [0.05, 0.1) is 35.4 Å². The Morgan fingerprint density at radius 3 is 1.75 bits per heavy atom. The van der Waals surface area contributed by atoms with Gasteiger partial charge < -0.3 is 130 Å². The van der Waals surface area contributed by atoms with Crippen molar-refractivity contribution in [3.8, 4) is 0 Å². The van der Waals surface area contributed by atoms with Crippen LogP contribution >= 0.6 is 23.4 Å². The van der Waals surface area contributed by atoms with E-state index in [4.69, 9.17) is 28.8 Å². The minimum Gasteiger partial charge on any atom is -0.481 e. The largest absolute Gasteiger partial charge is 0.481 e. The van der Waals surface area contributed by atoms with Crippen molar-refractivity contribution in [2.45, 2.75) is 227 Å². The van der Waals surface area contributed by atoms with E-state index in [0.29, 0.717) is 69.5 Å². The van der Waals surface area contributed by atoms with Gasteiger partial charge in [-0.05, 0) is 138 Å². The van der Waals surface area contributed by atoms with Gasteiger partial charge in [-0.3, -0.25) is 96.2 Å². The fourth-order valence-corrected chi connectivity index (χ4v) is 17.9. The summed E-state index contributed by atoms with van der Waals surface area (Å²) in [6.45, 7) is 2.94. The van der Waals surface area contributed by atoms with Gasteiger partial charge in [0.2, 0.25) is 88.6 Å². The zero-order chi connectivity index (χ0) is 103. The summed E-state index contributed by atoms with van der Waals surface area (Å²) >= 11 is 7.41. The van der Waals surface area contributed by atoms with Crippen molar-refractivity contribution in [1.82, 2.24) is 97.5 Å². The molecule has 23 N–H and O–H groups in total. The number of hydrogen-bond acceptors (Lipinski definition) is 25. The molecule has 2 aliphatic heterocycles. The molecule has 14 atom stereocenters. The molecule has 764 valence electrons. The van der Waals surface area contributed by atoms with Crippen molar-refractivity contribution in [2.75, 3.05) is 71.4 Å². The molecule has 3 aromatic heterocycles. The average molecular weight is 2000 g/mol. The number of amides is 17. The van der Waals surface area contributed by atoms with Crippen molar-refractivity contribution in [3.63, 3.8) is 0 Å². The molecule has 5 heterocycles. The number of pyridine rings is 1. The third kappa shape index (κ3) is 33.3. The molecule has 2 aromatic carbocycles. The zero-order valence-corrected chi connectivity index (χ0v) is 80.3. The number of carboxylic acid groups (broad SMARTS) is 4. The fourth-order valence-electron chi connectivity index (χ4n) is 16.7. The summed E-state index contributed by atoms with van der Waals surface area (Å²) in [6.07, 6.45) is -1.14. The van der Waals surface area contributed by atoms with Crippen LogP contribution in [0.4, 0.5) is 4.79 Å². The van der Waals surface area contributed by atoms with Gasteiger partial charge >= 0.3 is 29.9 Å². The van der Waals surface area contributed by atoms with E-state index in [1.807, 2.05) is 0 Å². The van der Waals surface area contributed by atoms with Gasteiger partial charge in [0.1, 0.15) is 78.5 Å². The number of para-hydroxylation sites is 2. The number of nitrogens with one attached hydrogen (secondary N) is 12. The van der Waals surface area contributed by atoms with Crippen molar-refractivity contribution in [1.29, 1.82) is 0 Å². The number of likely N-dealkylation sites (N-methyl/N-ethyl adjacent to an activating group) is 2. The van der Waals surface area contributed by atoms with Gasteiger partial charge in [0, 0.05) is 146 Å². The fraction of sp³-hybridized carbons (Fsp3) is 0.549. The van der Waals surface area contributed by atoms with Crippen molar-refractivity contribution in [3.05, 3.63) is 101 Å². The number of aryl methyl sites for hydroxylation is 2. The number of thioether (sulfide) groups is 1. The normalized spacial score (nSPS) is 23.0. The van der Waals surface area contributed by atoms with Crippen LogP contribution in [0.5, 0.6) is 0 Å². The molecule has 1 aliphatic carbocycles. The van der Waals surface area contributed by atoms with Crippen LogP contribution in [0.15, 0.2) is 79.4 Å². The number of carboxylic acids is 4. The Balaban J connectivity index is 1.26. The van der Waals surface area contributed by atoms with E-state index in [2.05, 4.69) is 68.8 Å². The van der Waals surface area contributed by atoms with Gasteiger partial charge in [0.15, 0.2) is 0 Å². The number of aliphatic hydroxyl groups is 1. The number of carbonyl (C=O) groups excluding carboxylic acids is 16. The van der Waals surface area contributed by atoms with Crippen molar-refractivity contribution < 1.29 is 121 Å². The monoisotopic (exact) mass is 1990 g/mol. The van der Waals surface area contributed by atoms with Crippen LogP contribution in [0.1, 0.15) is 140 Å². The first-order valence-electron chi connectivity index (χ1n) is 46.1. The molecule has 1 saturated carbocycles. The zero-order valence-electron chi connectivity index (χ0n) is 78.7. The number of benzene rings is 2. The van der Waals surface area contributed by atoms with E-state index in [-0.39, 0.29) is 102 Å². The molecule has 0 spiro atoms. The van der Waals surface area contributed by atoms with Crippen LogP contribution in [-0.4, -0.2) is 334 Å². The van der Waals surface area contributed by atoms with E-state index >= 15 is 33.6 Å². The molecule has 0 radical (unpaired) electrons. The number of aromatic nitrogens is 3. The van der Waals surface area contributed by atoms with Gasteiger partial charge in [-0.25, -0.2) is 9.59 Å². The first-order chi connectivity index (χ1) is 66.4. The van der Waals surface area contributed by atoms with Crippen LogP contribution in [-0.2, 0) is 124 Å². The van der Waals surface area contributed by atoms with E-state index in [0.717, 1.165) is 23.8 Å². The van der Waals surface area contributed by atoms with Gasteiger partial charge in [-0.1, -0.05) is 54.4 Å². The Labute approximate surface area is 815 Å². The maximum atomic E-state index is 16.0. The van der Waals surface area contributed by atoms with E-state index in [1.54, 1.807) is 89.1 Å². The number of rotatable bonds is 34. The molecule has 8 rings (SSSR count). The predicted molar refractivity (Wildman–Crippen MR) is 507 cm³/mol. The maximum absolute atomic E-state index is 16.0. The number of aliphatic carboxylic acids is 4. The molecule has 2 saturated heterocycles. The summed E-state index contributed by atoms with van der Waals surface area (Å²) in [7, 11) is 5.67. The number of nitrogens with zero attached hydrogens (tertiary/aromatic N) is 7. The number of piperazine rings is 1. The van der Waals surface area contributed by atoms with E-state index < -0.39 is 278 Å². The number of unbranched alkanes of at least 4 members (excludes halogenated alkanes) is 2. The highest BCUT2D eigenvalue weighted by Crippen LogP contribution is 2.32. The molecule has 0 bridgehead atoms.